The normalized spacial score (nSPS) is 12.2. The zero-order valence-electron chi connectivity index (χ0n) is 12.2. The molecule has 1 rings (SSSR count). The highest BCUT2D eigenvalue weighted by atomic mass is 16.5. The zero-order valence-corrected chi connectivity index (χ0v) is 12.2. The Balaban J connectivity index is 2.35. The molecule has 0 fully saturated rings. The number of hydrogen-bond acceptors (Lipinski definition) is 4. The molecule has 0 saturated carbocycles. The number of rotatable bonds is 9. The summed E-state index contributed by atoms with van der Waals surface area (Å²) in [6.07, 6.45) is 0. The lowest BCUT2D eigenvalue weighted by Gasteiger charge is -2.09. The molecule has 1 amide bonds. The Morgan fingerprint density at radius 1 is 1.30 bits per heavy atom. The molecule has 0 bridgehead atoms. The first-order valence-corrected chi connectivity index (χ1v) is 6.90. The van der Waals surface area contributed by atoms with Crippen LogP contribution in [0.25, 0.3) is 0 Å². The van der Waals surface area contributed by atoms with Crippen molar-refractivity contribution in [3.05, 3.63) is 35.4 Å². The topological polar surface area (TPSA) is 73.6 Å². The van der Waals surface area contributed by atoms with Crippen molar-refractivity contribution in [1.29, 1.82) is 0 Å². The highest BCUT2D eigenvalue weighted by Gasteiger charge is 2.06. The molecule has 1 aromatic carbocycles. The van der Waals surface area contributed by atoms with Gasteiger partial charge in [0.2, 0.25) is 5.91 Å². The summed E-state index contributed by atoms with van der Waals surface area (Å²) in [5.41, 5.74) is 7.60. The maximum absolute atomic E-state index is 11.4. The summed E-state index contributed by atoms with van der Waals surface area (Å²) in [7, 11) is 0. The van der Waals surface area contributed by atoms with E-state index in [4.69, 9.17) is 15.2 Å². The summed E-state index contributed by atoms with van der Waals surface area (Å²) in [6.45, 7) is 6.55. The maximum atomic E-state index is 11.4. The molecular formula is C15H24N2O3. The molecule has 112 valence electrons. The second kappa shape index (κ2) is 9.47. The van der Waals surface area contributed by atoms with E-state index in [1.807, 2.05) is 31.2 Å². The Hall–Kier alpha value is -1.43. The molecule has 0 radical (unpaired) electrons. The summed E-state index contributed by atoms with van der Waals surface area (Å²) in [5.74, 6) is -0.150. The van der Waals surface area contributed by atoms with Gasteiger partial charge in [-0.1, -0.05) is 24.3 Å². The minimum Gasteiger partial charge on any atom is -0.379 e. The predicted octanol–water partition coefficient (Wildman–Crippen LogP) is 1.20. The molecule has 0 saturated heterocycles. The van der Waals surface area contributed by atoms with E-state index in [1.165, 1.54) is 0 Å². The molecule has 20 heavy (non-hydrogen) atoms. The quantitative estimate of drug-likeness (QED) is 0.667. The van der Waals surface area contributed by atoms with Crippen molar-refractivity contribution in [3.63, 3.8) is 0 Å². The van der Waals surface area contributed by atoms with Crippen LogP contribution in [0.1, 0.15) is 25.0 Å². The number of ether oxygens (including phenoxy) is 2. The number of benzene rings is 1. The first-order chi connectivity index (χ1) is 9.63. The van der Waals surface area contributed by atoms with E-state index in [1.54, 1.807) is 6.92 Å². The van der Waals surface area contributed by atoms with Gasteiger partial charge in [-0.25, -0.2) is 0 Å². The van der Waals surface area contributed by atoms with Gasteiger partial charge in [-0.2, -0.15) is 0 Å². The second-order valence-corrected chi connectivity index (χ2v) is 4.58. The van der Waals surface area contributed by atoms with Crippen LogP contribution in [0.4, 0.5) is 0 Å². The van der Waals surface area contributed by atoms with Crippen LogP contribution < -0.4 is 11.1 Å². The maximum Gasteiger partial charge on any atom is 0.236 e. The van der Waals surface area contributed by atoms with Gasteiger partial charge in [-0.05, 0) is 25.0 Å². The molecule has 1 atom stereocenters. The van der Waals surface area contributed by atoms with E-state index in [2.05, 4.69) is 5.32 Å². The summed E-state index contributed by atoms with van der Waals surface area (Å²) < 4.78 is 10.7. The fourth-order valence-corrected chi connectivity index (χ4v) is 1.63. The Kier molecular flexibility index (Phi) is 7.87. The van der Waals surface area contributed by atoms with Crippen molar-refractivity contribution in [3.8, 4) is 0 Å². The zero-order chi connectivity index (χ0) is 14.8. The fourth-order valence-electron chi connectivity index (χ4n) is 1.63. The molecule has 1 aromatic rings. The fraction of sp³-hybridized carbons (Fsp3) is 0.533. The molecule has 0 aromatic heterocycles. The van der Waals surface area contributed by atoms with E-state index in [9.17, 15) is 4.79 Å². The standard InChI is InChI=1S/C15H24N2O3/c1-3-19-7-8-20-11-14-6-4-5-13(9-14)10-17-15(18)12(2)16/h4-6,9,12H,3,7-8,10-11,16H2,1-2H3,(H,17,18)/t12-/m1/s1. The molecule has 0 aliphatic rings. The van der Waals surface area contributed by atoms with Gasteiger partial charge in [0.1, 0.15) is 0 Å². The van der Waals surface area contributed by atoms with E-state index in [0.717, 1.165) is 11.1 Å². The van der Waals surface area contributed by atoms with Gasteiger partial charge in [-0.3, -0.25) is 4.79 Å². The lowest BCUT2D eigenvalue weighted by atomic mass is 10.1. The van der Waals surface area contributed by atoms with Crippen molar-refractivity contribution >= 4 is 5.91 Å². The molecule has 5 heteroatoms. The van der Waals surface area contributed by atoms with Gasteiger partial charge < -0.3 is 20.5 Å². The summed E-state index contributed by atoms with van der Waals surface area (Å²) in [6, 6.07) is 7.44. The van der Waals surface area contributed by atoms with E-state index in [0.29, 0.717) is 33.0 Å². The molecule has 0 aliphatic heterocycles. The first-order valence-electron chi connectivity index (χ1n) is 6.90. The number of nitrogens with two attached hydrogens (primary N) is 1. The van der Waals surface area contributed by atoms with E-state index >= 15 is 0 Å². The van der Waals surface area contributed by atoms with Crippen LogP contribution in [0.5, 0.6) is 0 Å². The SMILES string of the molecule is CCOCCOCc1cccc(CNC(=O)[C@@H](C)N)c1. The molecule has 0 heterocycles. The minimum atomic E-state index is -0.486. The van der Waals surface area contributed by atoms with Gasteiger partial charge >= 0.3 is 0 Å². The second-order valence-electron chi connectivity index (χ2n) is 4.58. The smallest absolute Gasteiger partial charge is 0.236 e. The first kappa shape index (κ1) is 16.6. The molecule has 5 nitrogen and oxygen atoms in total. The number of amides is 1. The average molecular weight is 280 g/mol. The van der Waals surface area contributed by atoms with Gasteiger partial charge in [0.25, 0.3) is 0 Å². The highest BCUT2D eigenvalue weighted by Crippen LogP contribution is 2.06. The molecule has 3 N–H and O–H groups in total. The Morgan fingerprint density at radius 3 is 2.70 bits per heavy atom. The molecule has 0 unspecified atom stereocenters. The Bertz CT molecular complexity index is 408. The lowest BCUT2D eigenvalue weighted by molar-refractivity contribution is -0.122. The summed E-state index contributed by atoms with van der Waals surface area (Å²) in [4.78, 5) is 11.4. The average Bonchev–Trinajstić information content (AvgIpc) is 2.45. The summed E-state index contributed by atoms with van der Waals surface area (Å²) in [5, 5.41) is 2.78. The minimum absolute atomic E-state index is 0.150. The predicted molar refractivity (Wildman–Crippen MR) is 78.1 cm³/mol. The van der Waals surface area contributed by atoms with Crippen LogP contribution in [0.15, 0.2) is 24.3 Å². The van der Waals surface area contributed by atoms with Crippen molar-refractivity contribution in [2.45, 2.75) is 33.0 Å². The van der Waals surface area contributed by atoms with Crippen LogP contribution in [0.3, 0.4) is 0 Å². The van der Waals surface area contributed by atoms with Crippen LogP contribution in [-0.2, 0) is 27.4 Å². The summed E-state index contributed by atoms with van der Waals surface area (Å²) >= 11 is 0. The third kappa shape index (κ3) is 6.65. The largest absolute Gasteiger partial charge is 0.379 e. The van der Waals surface area contributed by atoms with Gasteiger partial charge in [0.15, 0.2) is 0 Å². The lowest BCUT2D eigenvalue weighted by Crippen LogP contribution is -2.37. The third-order valence-electron chi connectivity index (χ3n) is 2.72. The van der Waals surface area contributed by atoms with Crippen LogP contribution in [0.2, 0.25) is 0 Å². The number of hydrogen-bond donors (Lipinski definition) is 2. The van der Waals surface area contributed by atoms with Gasteiger partial charge in [0, 0.05) is 13.2 Å². The van der Waals surface area contributed by atoms with E-state index in [-0.39, 0.29) is 5.91 Å². The van der Waals surface area contributed by atoms with Crippen molar-refractivity contribution in [1.82, 2.24) is 5.32 Å². The van der Waals surface area contributed by atoms with Crippen LogP contribution >= 0.6 is 0 Å². The third-order valence-corrected chi connectivity index (χ3v) is 2.72. The number of carbonyl (C=O) groups excluding carboxylic acids is 1. The van der Waals surface area contributed by atoms with Crippen molar-refractivity contribution in [2.24, 2.45) is 5.73 Å². The Labute approximate surface area is 120 Å². The molecular weight excluding hydrogens is 256 g/mol. The highest BCUT2D eigenvalue weighted by molar-refractivity contribution is 5.80. The van der Waals surface area contributed by atoms with E-state index < -0.39 is 6.04 Å². The van der Waals surface area contributed by atoms with Crippen molar-refractivity contribution < 1.29 is 14.3 Å². The molecule has 0 spiro atoms. The molecule has 0 aliphatic carbocycles. The van der Waals surface area contributed by atoms with Crippen molar-refractivity contribution in [2.75, 3.05) is 19.8 Å². The van der Waals surface area contributed by atoms with Gasteiger partial charge in [0.05, 0.1) is 25.9 Å². The number of carbonyl (C=O) groups is 1. The van der Waals surface area contributed by atoms with Gasteiger partial charge in [-0.15, -0.1) is 0 Å². The number of nitrogens with one attached hydrogen (secondary N) is 1. The van der Waals surface area contributed by atoms with Crippen LogP contribution in [-0.4, -0.2) is 31.8 Å². The van der Waals surface area contributed by atoms with Crippen LogP contribution in [0, 0.1) is 0 Å². The Morgan fingerprint density at radius 2 is 2.00 bits per heavy atom. The monoisotopic (exact) mass is 280 g/mol.